The Morgan fingerprint density at radius 1 is 1.21 bits per heavy atom. The van der Waals surface area contributed by atoms with E-state index in [-0.39, 0.29) is 38.0 Å². The van der Waals surface area contributed by atoms with Gasteiger partial charge < -0.3 is 34.6 Å². The van der Waals surface area contributed by atoms with E-state index < -0.39 is 18.2 Å². The standard InChI is InChI=1S/C24H35IN2O7/c1-3-32-13-7-11-27(22(29)16-33-4-2)19-14-17(24(31)26-10-12-28)15-21(23(19)30)34-20-9-6-5-8-18(20)25/h5-6,8-9,15,19,21,23,28,30H,3-4,7,10-14,16H2,1-2H3,(H,26,31). The smallest absolute Gasteiger partial charge is 0.248 e. The molecule has 9 nitrogen and oxygen atoms in total. The quantitative estimate of drug-likeness (QED) is 0.222. The Morgan fingerprint density at radius 2 is 1.94 bits per heavy atom. The summed E-state index contributed by atoms with van der Waals surface area (Å²) in [7, 11) is 0. The first kappa shape index (κ1) is 28.5. The zero-order valence-electron chi connectivity index (χ0n) is 19.7. The third-order valence-corrected chi connectivity index (χ3v) is 6.25. The molecule has 34 heavy (non-hydrogen) atoms. The lowest BCUT2D eigenvalue weighted by molar-refractivity contribution is -0.143. The van der Waals surface area contributed by atoms with Gasteiger partial charge in [0.1, 0.15) is 24.6 Å². The van der Waals surface area contributed by atoms with Gasteiger partial charge in [0.05, 0.1) is 16.2 Å². The second-order valence-corrected chi connectivity index (χ2v) is 8.88. The molecule has 0 saturated carbocycles. The van der Waals surface area contributed by atoms with Crippen LogP contribution in [0.15, 0.2) is 35.9 Å². The predicted molar refractivity (Wildman–Crippen MR) is 135 cm³/mol. The molecule has 3 unspecified atom stereocenters. The van der Waals surface area contributed by atoms with Crippen LogP contribution in [0.2, 0.25) is 0 Å². The van der Waals surface area contributed by atoms with Gasteiger partial charge >= 0.3 is 0 Å². The molecule has 10 heteroatoms. The van der Waals surface area contributed by atoms with E-state index in [1.165, 1.54) is 0 Å². The summed E-state index contributed by atoms with van der Waals surface area (Å²) < 4.78 is 17.7. The minimum atomic E-state index is -1.07. The lowest BCUT2D eigenvalue weighted by atomic mass is 9.88. The molecule has 1 aliphatic rings. The topological polar surface area (TPSA) is 118 Å². The highest BCUT2D eigenvalue weighted by molar-refractivity contribution is 14.1. The normalized spacial score (nSPS) is 19.9. The maximum atomic E-state index is 13.0. The Kier molecular flexibility index (Phi) is 12.8. The molecule has 0 aromatic heterocycles. The number of hydrogen-bond donors (Lipinski definition) is 3. The Morgan fingerprint density at radius 3 is 2.62 bits per heavy atom. The Hall–Kier alpha value is -1.73. The van der Waals surface area contributed by atoms with Crippen LogP contribution in [0.25, 0.3) is 0 Å². The summed E-state index contributed by atoms with van der Waals surface area (Å²) in [4.78, 5) is 27.4. The lowest BCUT2D eigenvalue weighted by Gasteiger charge is -2.40. The molecule has 3 N–H and O–H groups in total. The molecule has 0 bridgehead atoms. The van der Waals surface area contributed by atoms with Crippen molar-refractivity contribution in [2.75, 3.05) is 46.1 Å². The number of rotatable bonds is 14. The number of para-hydroxylation sites is 1. The number of carbonyl (C=O) groups excluding carboxylic acids is 2. The summed E-state index contributed by atoms with van der Waals surface area (Å²) >= 11 is 2.14. The summed E-state index contributed by atoms with van der Waals surface area (Å²) in [5, 5.41) is 23.0. The first-order valence-electron chi connectivity index (χ1n) is 11.6. The number of amides is 2. The molecule has 0 fully saturated rings. The summed E-state index contributed by atoms with van der Waals surface area (Å²) in [6, 6.07) is 6.68. The van der Waals surface area contributed by atoms with Gasteiger partial charge in [0.15, 0.2) is 0 Å². The average Bonchev–Trinajstić information content (AvgIpc) is 2.84. The number of aliphatic hydroxyl groups excluding tert-OH is 2. The molecule has 0 aliphatic heterocycles. The predicted octanol–water partition coefficient (Wildman–Crippen LogP) is 1.50. The fraction of sp³-hybridized carbons (Fsp3) is 0.583. The molecule has 0 spiro atoms. The van der Waals surface area contributed by atoms with Crippen LogP contribution in [0, 0.1) is 3.57 Å². The number of nitrogens with zero attached hydrogens (tertiary/aromatic N) is 1. The Labute approximate surface area is 214 Å². The number of hydrogen-bond acceptors (Lipinski definition) is 7. The van der Waals surface area contributed by atoms with Crippen LogP contribution in [0.1, 0.15) is 26.7 Å². The van der Waals surface area contributed by atoms with Gasteiger partial charge in [-0.2, -0.15) is 0 Å². The van der Waals surface area contributed by atoms with E-state index in [2.05, 4.69) is 27.9 Å². The molecule has 2 rings (SSSR count). The monoisotopic (exact) mass is 590 g/mol. The van der Waals surface area contributed by atoms with Crippen molar-refractivity contribution in [1.82, 2.24) is 10.2 Å². The van der Waals surface area contributed by atoms with Gasteiger partial charge in [-0.3, -0.25) is 9.59 Å². The van der Waals surface area contributed by atoms with Crippen molar-refractivity contribution in [2.45, 2.75) is 44.9 Å². The molecule has 0 radical (unpaired) electrons. The van der Waals surface area contributed by atoms with Crippen LogP contribution in [-0.2, 0) is 19.1 Å². The van der Waals surface area contributed by atoms with E-state index in [0.29, 0.717) is 44.1 Å². The van der Waals surface area contributed by atoms with Crippen molar-refractivity contribution in [3.63, 3.8) is 0 Å². The highest BCUT2D eigenvalue weighted by Gasteiger charge is 2.40. The summed E-state index contributed by atoms with van der Waals surface area (Å²) in [5.41, 5.74) is 0.388. The van der Waals surface area contributed by atoms with Gasteiger partial charge in [0, 0.05) is 44.9 Å². The first-order valence-corrected chi connectivity index (χ1v) is 12.6. The van der Waals surface area contributed by atoms with Crippen molar-refractivity contribution >= 4 is 34.4 Å². The molecule has 1 aromatic rings. The van der Waals surface area contributed by atoms with Gasteiger partial charge in [-0.15, -0.1) is 0 Å². The fourth-order valence-electron chi connectivity index (χ4n) is 3.70. The van der Waals surface area contributed by atoms with E-state index in [9.17, 15) is 14.7 Å². The van der Waals surface area contributed by atoms with E-state index in [1.54, 1.807) is 24.0 Å². The summed E-state index contributed by atoms with van der Waals surface area (Å²) in [5.74, 6) is -0.0657. The zero-order chi connectivity index (χ0) is 24.9. The minimum absolute atomic E-state index is 0.104. The van der Waals surface area contributed by atoms with Crippen LogP contribution in [-0.4, -0.2) is 91.3 Å². The van der Waals surface area contributed by atoms with Crippen molar-refractivity contribution in [3.8, 4) is 5.75 Å². The number of benzene rings is 1. The van der Waals surface area contributed by atoms with Crippen LogP contribution >= 0.6 is 22.6 Å². The van der Waals surface area contributed by atoms with E-state index in [4.69, 9.17) is 19.3 Å². The van der Waals surface area contributed by atoms with Crippen molar-refractivity contribution in [2.24, 2.45) is 0 Å². The van der Waals surface area contributed by atoms with Crippen LogP contribution in [0.5, 0.6) is 5.75 Å². The van der Waals surface area contributed by atoms with Gasteiger partial charge in [-0.25, -0.2) is 0 Å². The minimum Gasteiger partial charge on any atom is -0.482 e. The maximum Gasteiger partial charge on any atom is 0.248 e. The third kappa shape index (κ3) is 8.49. The molecule has 0 saturated heterocycles. The van der Waals surface area contributed by atoms with Gasteiger partial charge in [0.2, 0.25) is 11.8 Å². The fourth-order valence-corrected chi connectivity index (χ4v) is 4.21. The Bertz CT molecular complexity index is 820. The molecule has 1 aromatic carbocycles. The number of halogens is 1. The Balaban J connectivity index is 2.33. The molecule has 3 atom stereocenters. The second kappa shape index (κ2) is 15.3. The molecule has 0 heterocycles. The SMILES string of the molecule is CCOCCCN(C(=O)COCC)C1CC(C(=O)NCCO)=CC(Oc2ccccc2I)C1O. The highest BCUT2D eigenvalue weighted by atomic mass is 127. The van der Waals surface area contributed by atoms with E-state index in [0.717, 1.165) is 3.57 Å². The summed E-state index contributed by atoms with van der Waals surface area (Å²) in [6.45, 7) is 5.27. The largest absolute Gasteiger partial charge is 0.482 e. The highest BCUT2D eigenvalue weighted by Crippen LogP contribution is 2.29. The van der Waals surface area contributed by atoms with Crippen LogP contribution in [0.3, 0.4) is 0 Å². The molecule has 2 amide bonds. The van der Waals surface area contributed by atoms with E-state index >= 15 is 0 Å². The molecule has 1 aliphatic carbocycles. The number of aliphatic hydroxyl groups is 2. The number of carbonyl (C=O) groups is 2. The summed E-state index contributed by atoms with van der Waals surface area (Å²) in [6.07, 6.45) is 0.410. The zero-order valence-corrected chi connectivity index (χ0v) is 21.9. The van der Waals surface area contributed by atoms with E-state index in [1.807, 2.05) is 25.1 Å². The maximum absolute atomic E-state index is 13.0. The number of ether oxygens (including phenoxy) is 3. The van der Waals surface area contributed by atoms with Gasteiger partial charge in [-0.05, 0) is 61.1 Å². The third-order valence-electron chi connectivity index (χ3n) is 5.36. The van der Waals surface area contributed by atoms with Crippen LogP contribution < -0.4 is 10.1 Å². The van der Waals surface area contributed by atoms with Crippen molar-refractivity contribution < 1.29 is 34.0 Å². The van der Waals surface area contributed by atoms with Gasteiger partial charge in [-0.1, -0.05) is 12.1 Å². The average molecular weight is 590 g/mol. The molecule has 190 valence electrons. The van der Waals surface area contributed by atoms with Crippen molar-refractivity contribution in [1.29, 1.82) is 0 Å². The first-order chi connectivity index (χ1) is 16.4. The molecular formula is C24H35IN2O7. The van der Waals surface area contributed by atoms with Crippen LogP contribution in [0.4, 0.5) is 0 Å². The lowest BCUT2D eigenvalue weighted by Crippen LogP contribution is -2.56. The van der Waals surface area contributed by atoms with Crippen molar-refractivity contribution in [3.05, 3.63) is 39.5 Å². The molecular weight excluding hydrogens is 555 g/mol. The number of nitrogens with one attached hydrogen (secondary N) is 1. The second-order valence-electron chi connectivity index (χ2n) is 7.72. The van der Waals surface area contributed by atoms with Gasteiger partial charge in [0.25, 0.3) is 0 Å².